The van der Waals surface area contributed by atoms with Gasteiger partial charge in [0.05, 0.1) is 17.7 Å². The maximum atomic E-state index is 8.50. The van der Waals surface area contributed by atoms with Crippen molar-refractivity contribution in [1.82, 2.24) is 5.32 Å². The van der Waals surface area contributed by atoms with E-state index in [1.165, 1.54) is 5.56 Å². The molecule has 0 atom stereocenters. The van der Waals surface area contributed by atoms with Gasteiger partial charge in [-0.15, -0.1) is 0 Å². The summed E-state index contributed by atoms with van der Waals surface area (Å²) in [6.07, 6.45) is 0.544. The second-order valence-corrected chi connectivity index (χ2v) is 5.67. The van der Waals surface area contributed by atoms with Crippen molar-refractivity contribution in [3.8, 4) is 11.8 Å². The minimum Gasteiger partial charge on any atom is -0.496 e. The Hall–Kier alpha value is -1.05. The SMILES string of the molecule is COc1ccc(C(C)(C)CNCCC#N)cc1Br. The summed E-state index contributed by atoms with van der Waals surface area (Å²) in [6, 6.07) is 8.27. The van der Waals surface area contributed by atoms with Crippen molar-refractivity contribution in [3.05, 3.63) is 28.2 Å². The number of nitrogens with zero attached hydrogens (tertiary/aromatic N) is 1. The molecule has 0 aliphatic heterocycles. The predicted molar refractivity (Wildman–Crippen MR) is 76.8 cm³/mol. The number of nitriles is 1. The number of hydrogen-bond acceptors (Lipinski definition) is 3. The molecule has 0 unspecified atom stereocenters. The summed E-state index contributed by atoms with van der Waals surface area (Å²) >= 11 is 3.50. The Morgan fingerprint density at radius 1 is 1.44 bits per heavy atom. The molecule has 0 bridgehead atoms. The molecule has 98 valence electrons. The summed E-state index contributed by atoms with van der Waals surface area (Å²) in [5.41, 5.74) is 1.25. The van der Waals surface area contributed by atoms with Crippen LogP contribution >= 0.6 is 15.9 Å². The molecule has 0 aliphatic rings. The number of nitrogens with one attached hydrogen (secondary N) is 1. The van der Waals surface area contributed by atoms with Gasteiger partial charge in [-0.25, -0.2) is 0 Å². The first-order chi connectivity index (χ1) is 8.51. The molecule has 0 aliphatic carbocycles. The fourth-order valence-corrected chi connectivity index (χ4v) is 2.28. The van der Waals surface area contributed by atoms with E-state index in [1.54, 1.807) is 7.11 Å². The molecule has 0 radical (unpaired) electrons. The number of methoxy groups -OCH3 is 1. The molecular weight excluding hydrogens is 292 g/mol. The highest BCUT2D eigenvalue weighted by molar-refractivity contribution is 9.10. The quantitative estimate of drug-likeness (QED) is 0.820. The van der Waals surface area contributed by atoms with Gasteiger partial charge in [0.2, 0.25) is 0 Å². The summed E-state index contributed by atoms with van der Waals surface area (Å²) in [5, 5.41) is 11.8. The Morgan fingerprint density at radius 2 is 2.17 bits per heavy atom. The van der Waals surface area contributed by atoms with Crippen molar-refractivity contribution < 1.29 is 4.74 Å². The average molecular weight is 311 g/mol. The summed E-state index contributed by atoms with van der Waals surface area (Å²) in [7, 11) is 1.66. The van der Waals surface area contributed by atoms with Crippen molar-refractivity contribution in [2.24, 2.45) is 0 Å². The maximum absolute atomic E-state index is 8.50. The van der Waals surface area contributed by atoms with Gasteiger partial charge < -0.3 is 10.1 Å². The molecule has 0 heterocycles. The van der Waals surface area contributed by atoms with Crippen LogP contribution in [0.25, 0.3) is 0 Å². The van der Waals surface area contributed by atoms with E-state index in [0.717, 1.165) is 23.3 Å². The van der Waals surface area contributed by atoms with Gasteiger partial charge in [-0.2, -0.15) is 5.26 Å². The molecule has 1 aromatic carbocycles. The lowest BCUT2D eigenvalue weighted by atomic mass is 9.84. The molecule has 0 fully saturated rings. The van der Waals surface area contributed by atoms with Crippen LogP contribution < -0.4 is 10.1 Å². The van der Waals surface area contributed by atoms with Crippen LogP contribution in [-0.2, 0) is 5.41 Å². The zero-order valence-corrected chi connectivity index (χ0v) is 12.7. The molecule has 0 aromatic heterocycles. The summed E-state index contributed by atoms with van der Waals surface area (Å²) in [4.78, 5) is 0. The number of ether oxygens (including phenoxy) is 1. The standard InChI is InChI=1S/C14H19BrN2O/c1-14(2,10-17-8-4-7-16)11-5-6-13(18-3)12(15)9-11/h5-6,9,17H,4,8,10H2,1-3H3. The highest BCUT2D eigenvalue weighted by atomic mass is 79.9. The lowest BCUT2D eigenvalue weighted by Crippen LogP contribution is -2.33. The summed E-state index contributed by atoms with van der Waals surface area (Å²) < 4.78 is 6.19. The molecule has 0 saturated heterocycles. The molecular formula is C14H19BrN2O. The Balaban J connectivity index is 2.72. The molecule has 3 nitrogen and oxygen atoms in total. The van der Waals surface area contributed by atoms with E-state index in [2.05, 4.69) is 53.3 Å². The third-order valence-corrected chi connectivity index (χ3v) is 3.53. The van der Waals surface area contributed by atoms with E-state index < -0.39 is 0 Å². The summed E-state index contributed by atoms with van der Waals surface area (Å²) in [6.45, 7) is 5.94. The Morgan fingerprint density at radius 3 is 2.72 bits per heavy atom. The molecule has 1 rings (SSSR count). The first kappa shape index (κ1) is 15.0. The normalized spacial score (nSPS) is 11.1. The second kappa shape index (κ2) is 6.77. The van der Waals surface area contributed by atoms with Crippen LogP contribution in [-0.4, -0.2) is 20.2 Å². The Kier molecular flexibility index (Phi) is 5.64. The van der Waals surface area contributed by atoms with E-state index in [-0.39, 0.29) is 5.41 Å². The third kappa shape index (κ3) is 4.01. The van der Waals surface area contributed by atoms with Gasteiger partial charge >= 0.3 is 0 Å². The smallest absolute Gasteiger partial charge is 0.133 e. The van der Waals surface area contributed by atoms with Crippen LogP contribution in [0.1, 0.15) is 25.8 Å². The van der Waals surface area contributed by atoms with Gasteiger partial charge in [0.1, 0.15) is 5.75 Å². The lowest BCUT2D eigenvalue weighted by molar-refractivity contribution is 0.410. The van der Waals surface area contributed by atoms with Crippen LogP contribution in [0.5, 0.6) is 5.75 Å². The van der Waals surface area contributed by atoms with Gasteiger partial charge in [-0.1, -0.05) is 19.9 Å². The van der Waals surface area contributed by atoms with Gasteiger partial charge in [0, 0.05) is 24.9 Å². The molecule has 1 N–H and O–H groups in total. The Labute approximate surface area is 117 Å². The van der Waals surface area contributed by atoms with Gasteiger partial charge in [0.25, 0.3) is 0 Å². The first-order valence-electron chi connectivity index (χ1n) is 5.93. The molecule has 18 heavy (non-hydrogen) atoms. The Bertz CT molecular complexity index is 438. The molecule has 0 spiro atoms. The number of benzene rings is 1. The van der Waals surface area contributed by atoms with Crippen molar-refractivity contribution >= 4 is 15.9 Å². The summed E-state index contributed by atoms with van der Waals surface area (Å²) in [5.74, 6) is 0.840. The lowest BCUT2D eigenvalue weighted by Gasteiger charge is -2.26. The second-order valence-electron chi connectivity index (χ2n) is 4.82. The molecule has 0 saturated carbocycles. The zero-order valence-electron chi connectivity index (χ0n) is 11.1. The third-order valence-electron chi connectivity index (χ3n) is 2.91. The fourth-order valence-electron chi connectivity index (χ4n) is 1.73. The molecule has 0 amide bonds. The molecule has 4 heteroatoms. The van der Waals surface area contributed by atoms with Gasteiger partial charge in [0.15, 0.2) is 0 Å². The number of halogens is 1. The minimum absolute atomic E-state index is 0.0181. The maximum Gasteiger partial charge on any atom is 0.133 e. The van der Waals surface area contributed by atoms with Crippen LogP contribution in [0, 0.1) is 11.3 Å². The largest absolute Gasteiger partial charge is 0.496 e. The van der Waals surface area contributed by atoms with E-state index in [9.17, 15) is 0 Å². The van der Waals surface area contributed by atoms with E-state index in [0.29, 0.717) is 6.42 Å². The molecule has 1 aromatic rings. The van der Waals surface area contributed by atoms with E-state index in [1.807, 2.05) is 6.07 Å². The van der Waals surface area contributed by atoms with Crippen LogP contribution in [0.4, 0.5) is 0 Å². The number of rotatable bonds is 6. The minimum atomic E-state index is 0.0181. The van der Waals surface area contributed by atoms with Crippen LogP contribution in [0.2, 0.25) is 0 Å². The monoisotopic (exact) mass is 310 g/mol. The predicted octanol–water partition coefficient (Wildman–Crippen LogP) is 3.24. The first-order valence-corrected chi connectivity index (χ1v) is 6.72. The van der Waals surface area contributed by atoms with Gasteiger partial charge in [-0.3, -0.25) is 0 Å². The van der Waals surface area contributed by atoms with E-state index >= 15 is 0 Å². The van der Waals surface area contributed by atoms with Crippen LogP contribution in [0.15, 0.2) is 22.7 Å². The van der Waals surface area contributed by atoms with Crippen molar-refractivity contribution in [2.75, 3.05) is 20.2 Å². The van der Waals surface area contributed by atoms with Crippen molar-refractivity contribution in [2.45, 2.75) is 25.7 Å². The zero-order chi connectivity index (χ0) is 13.6. The average Bonchev–Trinajstić information content (AvgIpc) is 2.34. The number of hydrogen-bond donors (Lipinski definition) is 1. The van der Waals surface area contributed by atoms with E-state index in [4.69, 9.17) is 10.00 Å². The van der Waals surface area contributed by atoms with Crippen molar-refractivity contribution in [3.63, 3.8) is 0 Å². The van der Waals surface area contributed by atoms with Crippen LogP contribution in [0.3, 0.4) is 0 Å². The van der Waals surface area contributed by atoms with Gasteiger partial charge in [-0.05, 0) is 33.6 Å². The highest BCUT2D eigenvalue weighted by Gasteiger charge is 2.21. The fraction of sp³-hybridized carbons (Fsp3) is 0.500. The highest BCUT2D eigenvalue weighted by Crippen LogP contribution is 2.31. The van der Waals surface area contributed by atoms with Crippen molar-refractivity contribution in [1.29, 1.82) is 5.26 Å². The topological polar surface area (TPSA) is 45.0 Å².